The zero-order chi connectivity index (χ0) is 26.0. The fourth-order valence-electron chi connectivity index (χ4n) is 3.78. The van der Waals surface area contributed by atoms with Gasteiger partial charge in [0.15, 0.2) is 5.76 Å². The van der Waals surface area contributed by atoms with Crippen LogP contribution in [0.15, 0.2) is 88.2 Å². The van der Waals surface area contributed by atoms with Crippen molar-refractivity contribution in [3.05, 3.63) is 84.6 Å². The van der Waals surface area contributed by atoms with Crippen molar-refractivity contribution in [2.24, 2.45) is 5.92 Å². The van der Waals surface area contributed by atoms with Gasteiger partial charge in [-0.25, -0.2) is 8.42 Å². The summed E-state index contributed by atoms with van der Waals surface area (Å²) >= 11 is 0. The minimum Gasteiger partial charge on any atom is -0.480 e. The number of carboxylic acids is 1. The van der Waals surface area contributed by atoms with E-state index in [1.165, 1.54) is 17.0 Å². The van der Waals surface area contributed by atoms with E-state index >= 15 is 0 Å². The Morgan fingerprint density at radius 2 is 1.50 bits per heavy atom. The number of nitrogens with zero attached hydrogens (tertiary/aromatic N) is 1. The Bertz CT molecular complexity index is 1470. The Hall–Kier alpha value is -3.95. The van der Waals surface area contributed by atoms with Gasteiger partial charge in [0.05, 0.1) is 4.90 Å². The summed E-state index contributed by atoms with van der Waals surface area (Å²) in [5, 5.41) is 10.1. The predicted octanol–water partition coefficient (Wildman–Crippen LogP) is 4.76. The Kier molecular flexibility index (Phi) is 6.96. The molecule has 36 heavy (non-hydrogen) atoms. The quantitative estimate of drug-likeness (QED) is 0.356. The van der Waals surface area contributed by atoms with Crippen molar-refractivity contribution in [1.29, 1.82) is 0 Å². The number of fused-ring (bicyclic) bond motifs is 1. The molecule has 2 N–H and O–H groups in total. The number of hydrogen-bond acceptors (Lipinski definition) is 5. The number of amides is 1. The third-order valence-electron chi connectivity index (χ3n) is 5.91. The van der Waals surface area contributed by atoms with Crippen LogP contribution in [0.1, 0.15) is 24.4 Å². The standard InChI is InChI=1S/C27H26N2O6S/c1-17(2)25(27(31)32)28-36(33,34)22-14-10-19(11-15-22)18-8-12-21(13-9-18)29(3)26(30)24-16-20-6-4-5-7-23(20)35-24/h4-17,25,28H,1-3H3,(H,31,32)/t25-/m1/s1. The van der Waals surface area contributed by atoms with E-state index in [-0.39, 0.29) is 16.6 Å². The Morgan fingerprint density at radius 1 is 0.917 bits per heavy atom. The molecule has 1 amide bonds. The van der Waals surface area contributed by atoms with E-state index in [4.69, 9.17) is 4.42 Å². The third kappa shape index (κ3) is 5.17. The van der Waals surface area contributed by atoms with Crippen molar-refractivity contribution in [3.8, 4) is 11.1 Å². The molecule has 0 spiro atoms. The maximum Gasteiger partial charge on any atom is 0.322 e. The van der Waals surface area contributed by atoms with Gasteiger partial charge in [-0.15, -0.1) is 0 Å². The van der Waals surface area contributed by atoms with Gasteiger partial charge in [-0.1, -0.05) is 56.3 Å². The minimum absolute atomic E-state index is 0.0223. The molecule has 0 fully saturated rings. The van der Waals surface area contributed by atoms with Crippen molar-refractivity contribution in [1.82, 2.24) is 4.72 Å². The molecule has 0 saturated carbocycles. The fourth-order valence-corrected chi connectivity index (χ4v) is 5.12. The van der Waals surface area contributed by atoms with Gasteiger partial charge in [0, 0.05) is 18.1 Å². The zero-order valence-corrected chi connectivity index (χ0v) is 20.8. The van der Waals surface area contributed by atoms with Gasteiger partial charge >= 0.3 is 5.97 Å². The van der Waals surface area contributed by atoms with E-state index < -0.39 is 28.0 Å². The van der Waals surface area contributed by atoms with Crippen LogP contribution in [0.4, 0.5) is 5.69 Å². The highest BCUT2D eigenvalue weighted by Crippen LogP contribution is 2.26. The molecule has 0 saturated heterocycles. The molecule has 186 valence electrons. The lowest BCUT2D eigenvalue weighted by Gasteiger charge is -2.18. The number of anilines is 1. The van der Waals surface area contributed by atoms with Crippen LogP contribution < -0.4 is 9.62 Å². The molecule has 4 rings (SSSR count). The van der Waals surface area contributed by atoms with Crippen molar-refractivity contribution >= 4 is 38.6 Å². The topological polar surface area (TPSA) is 117 Å². The van der Waals surface area contributed by atoms with Gasteiger partial charge in [-0.3, -0.25) is 9.59 Å². The van der Waals surface area contributed by atoms with Crippen LogP contribution in [0.5, 0.6) is 0 Å². The molecule has 1 aromatic heterocycles. The number of aliphatic carboxylic acids is 1. The first-order valence-electron chi connectivity index (χ1n) is 11.3. The minimum atomic E-state index is -4.00. The molecular weight excluding hydrogens is 480 g/mol. The maximum absolute atomic E-state index is 12.9. The van der Waals surface area contributed by atoms with Crippen molar-refractivity contribution in [3.63, 3.8) is 0 Å². The summed E-state index contributed by atoms with van der Waals surface area (Å²) in [6, 6.07) is 21.3. The smallest absolute Gasteiger partial charge is 0.322 e. The van der Waals surface area contributed by atoms with Crippen LogP contribution in [0.3, 0.4) is 0 Å². The molecule has 0 radical (unpaired) electrons. The Balaban J connectivity index is 1.49. The first-order valence-corrected chi connectivity index (χ1v) is 12.8. The summed E-state index contributed by atoms with van der Waals surface area (Å²) in [6.45, 7) is 3.27. The van der Waals surface area contributed by atoms with E-state index in [0.29, 0.717) is 11.3 Å². The van der Waals surface area contributed by atoms with Gasteiger partial charge in [0.1, 0.15) is 11.6 Å². The number of nitrogens with one attached hydrogen (secondary N) is 1. The van der Waals surface area contributed by atoms with Crippen LogP contribution in [0, 0.1) is 5.92 Å². The van der Waals surface area contributed by atoms with Crippen molar-refractivity contribution in [2.75, 3.05) is 11.9 Å². The highest BCUT2D eigenvalue weighted by atomic mass is 32.2. The first-order chi connectivity index (χ1) is 17.1. The van der Waals surface area contributed by atoms with Gasteiger partial charge < -0.3 is 14.4 Å². The lowest BCUT2D eigenvalue weighted by Crippen LogP contribution is -2.44. The van der Waals surface area contributed by atoms with E-state index in [0.717, 1.165) is 16.5 Å². The van der Waals surface area contributed by atoms with Gasteiger partial charge in [0.2, 0.25) is 10.0 Å². The number of rotatable bonds is 8. The molecule has 1 heterocycles. The number of furan rings is 1. The summed E-state index contributed by atoms with van der Waals surface area (Å²) in [6.07, 6.45) is 0. The molecule has 8 nitrogen and oxygen atoms in total. The molecule has 0 aliphatic heterocycles. The third-order valence-corrected chi connectivity index (χ3v) is 7.37. The number of carbonyl (C=O) groups excluding carboxylic acids is 1. The molecule has 0 aliphatic rings. The normalized spacial score (nSPS) is 12.6. The predicted molar refractivity (Wildman–Crippen MR) is 137 cm³/mol. The van der Waals surface area contributed by atoms with Crippen LogP contribution >= 0.6 is 0 Å². The van der Waals surface area contributed by atoms with E-state index in [2.05, 4.69) is 4.72 Å². The van der Waals surface area contributed by atoms with Crippen LogP contribution in [-0.2, 0) is 14.8 Å². The van der Waals surface area contributed by atoms with E-state index in [9.17, 15) is 23.1 Å². The van der Waals surface area contributed by atoms with Crippen LogP contribution in [-0.4, -0.2) is 38.5 Å². The molecular formula is C27H26N2O6S. The summed E-state index contributed by atoms with van der Waals surface area (Å²) in [5.74, 6) is -1.67. The second-order valence-corrected chi connectivity index (χ2v) is 10.5. The highest BCUT2D eigenvalue weighted by Gasteiger charge is 2.28. The van der Waals surface area contributed by atoms with E-state index in [1.54, 1.807) is 51.2 Å². The van der Waals surface area contributed by atoms with Gasteiger partial charge in [-0.2, -0.15) is 4.72 Å². The van der Waals surface area contributed by atoms with E-state index in [1.807, 2.05) is 36.4 Å². The van der Waals surface area contributed by atoms with Gasteiger partial charge in [-0.05, 0) is 53.4 Å². The second-order valence-electron chi connectivity index (χ2n) is 8.77. The number of sulfonamides is 1. The number of carboxylic acid groups (broad SMARTS) is 1. The average Bonchev–Trinajstić information content (AvgIpc) is 3.31. The van der Waals surface area contributed by atoms with Crippen LogP contribution in [0.2, 0.25) is 0 Å². The largest absolute Gasteiger partial charge is 0.480 e. The second kappa shape index (κ2) is 9.96. The first kappa shape index (κ1) is 25.2. The Labute approximate surface area is 209 Å². The number of para-hydroxylation sites is 1. The highest BCUT2D eigenvalue weighted by molar-refractivity contribution is 7.89. The SMILES string of the molecule is CC(C)[C@@H](NS(=O)(=O)c1ccc(-c2ccc(N(C)C(=O)c3cc4ccccc4o3)cc2)cc1)C(=O)O. The van der Waals surface area contributed by atoms with Crippen LogP contribution in [0.25, 0.3) is 22.1 Å². The monoisotopic (exact) mass is 506 g/mol. The average molecular weight is 507 g/mol. The zero-order valence-electron chi connectivity index (χ0n) is 20.0. The Morgan fingerprint density at radius 3 is 2.06 bits per heavy atom. The summed E-state index contributed by atoms with van der Waals surface area (Å²) in [7, 11) is -2.33. The fraction of sp³-hybridized carbons (Fsp3) is 0.185. The lowest BCUT2D eigenvalue weighted by molar-refractivity contribution is -0.140. The summed E-state index contributed by atoms with van der Waals surface area (Å²) in [4.78, 5) is 25.7. The van der Waals surface area contributed by atoms with Crippen molar-refractivity contribution in [2.45, 2.75) is 24.8 Å². The molecule has 0 aliphatic carbocycles. The molecule has 0 unspecified atom stereocenters. The molecule has 9 heteroatoms. The summed E-state index contributed by atoms with van der Waals surface area (Å²) in [5.41, 5.74) is 2.91. The van der Waals surface area contributed by atoms with Crippen molar-refractivity contribution < 1.29 is 27.5 Å². The lowest BCUT2D eigenvalue weighted by atomic mass is 10.1. The maximum atomic E-state index is 12.9. The molecule has 0 bridgehead atoms. The number of benzene rings is 3. The molecule has 3 aromatic carbocycles. The molecule has 1 atom stereocenters. The van der Waals surface area contributed by atoms with Gasteiger partial charge in [0.25, 0.3) is 5.91 Å². The molecule has 4 aromatic rings. The number of carbonyl (C=O) groups is 2. The number of hydrogen-bond donors (Lipinski definition) is 2. The summed E-state index contributed by atoms with van der Waals surface area (Å²) < 4.78 is 33.2.